The van der Waals surface area contributed by atoms with E-state index in [4.69, 9.17) is 0 Å². The Balaban J connectivity index is 1.65. The fraction of sp³-hybridized carbons (Fsp3) is 0.467. The smallest absolute Gasteiger partial charge is 0.0237 e. The second-order valence-electron chi connectivity index (χ2n) is 5.00. The van der Waals surface area contributed by atoms with Crippen LogP contribution >= 0.6 is 0 Å². The van der Waals surface area contributed by atoms with Gasteiger partial charge in [-0.1, -0.05) is 42.5 Å². The van der Waals surface area contributed by atoms with Crippen LogP contribution in [0.1, 0.15) is 18.9 Å². The summed E-state index contributed by atoms with van der Waals surface area (Å²) in [4.78, 5) is 2.66. The molecule has 3 atom stereocenters. The number of benzene rings is 1. The molecule has 0 spiro atoms. The number of fused-ring (bicyclic) bond motifs is 1. The maximum absolute atomic E-state index is 2.66. The highest BCUT2D eigenvalue weighted by Gasteiger charge is 2.55. The minimum Gasteiger partial charge on any atom is -0.295 e. The molecule has 1 heteroatoms. The van der Waals surface area contributed by atoms with Gasteiger partial charge in [-0.3, -0.25) is 4.90 Å². The van der Waals surface area contributed by atoms with Gasteiger partial charge in [0, 0.05) is 12.6 Å². The Bertz CT molecular complexity index is 382. The summed E-state index contributed by atoms with van der Waals surface area (Å²) in [5, 5.41) is 0. The highest BCUT2D eigenvalue weighted by atomic mass is 15.2. The van der Waals surface area contributed by atoms with Gasteiger partial charge in [-0.15, -0.1) is 0 Å². The van der Waals surface area contributed by atoms with Crippen LogP contribution in [0.3, 0.4) is 0 Å². The molecule has 1 nitrogen and oxygen atoms in total. The van der Waals surface area contributed by atoms with Gasteiger partial charge in [0.25, 0.3) is 0 Å². The molecular formula is C15H19N. The van der Waals surface area contributed by atoms with Crippen LogP contribution in [0.5, 0.6) is 0 Å². The standard InChI is InChI=1S/C15H19N/c1-2-6-13-14-9-10-16(15(13)14)11-12-7-4-3-5-8-12/h2-8,13-15H,9-11H2,1H3/b6-2+/t13-,14-,15+/m1/s1. The number of piperidine rings is 1. The molecule has 1 saturated heterocycles. The molecule has 84 valence electrons. The average molecular weight is 213 g/mol. The van der Waals surface area contributed by atoms with Crippen molar-refractivity contribution in [2.45, 2.75) is 25.9 Å². The number of nitrogens with zero attached hydrogens (tertiary/aromatic N) is 1. The molecule has 2 aliphatic rings. The minimum absolute atomic E-state index is 0.844. The fourth-order valence-electron chi connectivity index (χ4n) is 3.20. The van der Waals surface area contributed by atoms with Crippen LogP contribution in [-0.4, -0.2) is 17.5 Å². The van der Waals surface area contributed by atoms with E-state index in [0.717, 1.165) is 24.4 Å². The van der Waals surface area contributed by atoms with E-state index >= 15 is 0 Å². The summed E-state index contributed by atoms with van der Waals surface area (Å²) in [6, 6.07) is 11.7. The van der Waals surface area contributed by atoms with E-state index in [1.807, 2.05) is 0 Å². The molecule has 1 aromatic rings. The normalized spacial score (nSPS) is 33.2. The van der Waals surface area contributed by atoms with Crippen LogP contribution in [0.4, 0.5) is 0 Å². The monoisotopic (exact) mass is 213 g/mol. The molecule has 1 aliphatic heterocycles. The Labute approximate surface area is 97.8 Å². The Hall–Kier alpha value is -1.08. The minimum atomic E-state index is 0.844. The molecule has 0 N–H and O–H groups in total. The topological polar surface area (TPSA) is 3.24 Å². The Kier molecular flexibility index (Phi) is 2.56. The third kappa shape index (κ3) is 1.69. The maximum atomic E-state index is 2.66. The Morgan fingerprint density at radius 1 is 1.31 bits per heavy atom. The fourth-order valence-corrected chi connectivity index (χ4v) is 3.20. The van der Waals surface area contributed by atoms with Crippen molar-refractivity contribution in [3.8, 4) is 0 Å². The average Bonchev–Trinajstić information content (AvgIpc) is 2.83. The summed E-state index contributed by atoms with van der Waals surface area (Å²) >= 11 is 0. The molecule has 3 rings (SSSR count). The van der Waals surface area contributed by atoms with Gasteiger partial charge in [-0.05, 0) is 37.3 Å². The van der Waals surface area contributed by atoms with Gasteiger partial charge in [0.05, 0.1) is 0 Å². The molecule has 0 bridgehead atoms. The number of allylic oxidation sites excluding steroid dienone is 1. The van der Waals surface area contributed by atoms with E-state index in [1.54, 1.807) is 0 Å². The van der Waals surface area contributed by atoms with Crippen molar-refractivity contribution >= 4 is 0 Å². The van der Waals surface area contributed by atoms with Gasteiger partial charge in [-0.2, -0.15) is 0 Å². The van der Waals surface area contributed by atoms with Gasteiger partial charge in [-0.25, -0.2) is 0 Å². The largest absolute Gasteiger partial charge is 0.295 e. The highest BCUT2D eigenvalue weighted by molar-refractivity contribution is 5.20. The summed E-state index contributed by atoms with van der Waals surface area (Å²) in [5.74, 6) is 1.81. The number of hydrogen-bond acceptors (Lipinski definition) is 1. The summed E-state index contributed by atoms with van der Waals surface area (Å²) < 4.78 is 0. The molecule has 1 heterocycles. The van der Waals surface area contributed by atoms with Gasteiger partial charge in [0.1, 0.15) is 0 Å². The van der Waals surface area contributed by atoms with E-state index < -0.39 is 0 Å². The molecule has 16 heavy (non-hydrogen) atoms. The van der Waals surface area contributed by atoms with E-state index in [1.165, 1.54) is 18.5 Å². The summed E-state index contributed by atoms with van der Waals surface area (Å²) in [5.41, 5.74) is 1.45. The van der Waals surface area contributed by atoms with E-state index in [0.29, 0.717) is 0 Å². The predicted octanol–water partition coefficient (Wildman–Crippen LogP) is 3.08. The molecule has 0 unspecified atom stereocenters. The lowest BCUT2D eigenvalue weighted by Crippen LogP contribution is -2.24. The van der Waals surface area contributed by atoms with Crippen molar-refractivity contribution in [1.82, 2.24) is 4.90 Å². The van der Waals surface area contributed by atoms with Crippen molar-refractivity contribution in [2.24, 2.45) is 11.8 Å². The maximum Gasteiger partial charge on any atom is 0.0237 e. The molecule has 1 aromatic carbocycles. The number of rotatable bonds is 3. The summed E-state index contributed by atoms with van der Waals surface area (Å²) in [6.07, 6.45) is 6.00. The van der Waals surface area contributed by atoms with Crippen LogP contribution in [0, 0.1) is 11.8 Å². The SMILES string of the molecule is C/C=C/[C@@H]1[C@H]2CCN(Cc3ccccc3)[C@@H]12. The molecule has 0 aromatic heterocycles. The lowest BCUT2D eigenvalue weighted by atomic mass is 10.2. The Morgan fingerprint density at radius 2 is 2.12 bits per heavy atom. The van der Waals surface area contributed by atoms with E-state index in [9.17, 15) is 0 Å². The van der Waals surface area contributed by atoms with Crippen LogP contribution < -0.4 is 0 Å². The first kappa shape index (κ1) is 10.1. The lowest BCUT2D eigenvalue weighted by molar-refractivity contribution is 0.280. The van der Waals surface area contributed by atoms with Gasteiger partial charge in [0.2, 0.25) is 0 Å². The molecular weight excluding hydrogens is 194 g/mol. The van der Waals surface area contributed by atoms with Crippen LogP contribution in [0.2, 0.25) is 0 Å². The zero-order chi connectivity index (χ0) is 11.0. The quantitative estimate of drug-likeness (QED) is 0.697. The van der Waals surface area contributed by atoms with Gasteiger partial charge in [0.15, 0.2) is 0 Å². The summed E-state index contributed by atoms with van der Waals surface area (Å²) in [6.45, 7) is 4.56. The first-order valence-corrected chi connectivity index (χ1v) is 6.31. The lowest BCUT2D eigenvalue weighted by Gasteiger charge is -2.18. The zero-order valence-corrected chi connectivity index (χ0v) is 9.84. The van der Waals surface area contributed by atoms with Crippen LogP contribution in [0.25, 0.3) is 0 Å². The predicted molar refractivity (Wildman–Crippen MR) is 67.1 cm³/mol. The third-order valence-corrected chi connectivity index (χ3v) is 4.00. The van der Waals surface area contributed by atoms with Crippen molar-refractivity contribution in [3.05, 3.63) is 48.0 Å². The van der Waals surface area contributed by atoms with Crippen LogP contribution in [0.15, 0.2) is 42.5 Å². The number of hydrogen-bond donors (Lipinski definition) is 0. The number of likely N-dealkylation sites (tertiary alicyclic amines) is 1. The van der Waals surface area contributed by atoms with Gasteiger partial charge < -0.3 is 0 Å². The van der Waals surface area contributed by atoms with Crippen molar-refractivity contribution < 1.29 is 0 Å². The van der Waals surface area contributed by atoms with E-state index in [-0.39, 0.29) is 0 Å². The molecule has 0 radical (unpaired) electrons. The zero-order valence-electron chi connectivity index (χ0n) is 9.84. The first-order chi connectivity index (χ1) is 7.90. The van der Waals surface area contributed by atoms with Crippen LogP contribution in [-0.2, 0) is 6.54 Å². The molecule has 2 fully saturated rings. The molecule has 0 amide bonds. The van der Waals surface area contributed by atoms with Crippen molar-refractivity contribution in [2.75, 3.05) is 6.54 Å². The molecule has 1 saturated carbocycles. The Morgan fingerprint density at radius 3 is 2.88 bits per heavy atom. The summed E-state index contributed by atoms with van der Waals surface area (Å²) in [7, 11) is 0. The van der Waals surface area contributed by atoms with Crippen molar-refractivity contribution in [3.63, 3.8) is 0 Å². The highest BCUT2D eigenvalue weighted by Crippen LogP contribution is 2.51. The molecule has 1 aliphatic carbocycles. The first-order valence-electron chi connectivity index (χ1n) is 6.31. The van der Waals surface area contributed by atoms with E-state index in [2.05, 4.69) is 54.3 Å². The third-order valence-electron chi connectivity index (χ3n) is 4.00. The van der Waals surface area contributed by atoms with Crippen molar-refractivity contribution in [1.29, 1.82) is 0 Å². The second-order valence-corrected chi connectivity index (χ2v) is 5.00. The van der Waals surface area contributed by atoms with Gasteiger partial charge >= 0.3 is 0 Å². The second kappa shape index (κ2) is 4.06.